The number of alkyl carbamates (subject to hydrolysis) is 1. The van der Waals surface area contributed by atoms with Crippen LogP contribution in [-0.2, 0) is 16.1 Å². The Hall–Kier alpha value is -2.28. The number of aliphatic hydroxyl groups excluding tert-OH is 1. The molecule has 1 aromatic rings. The number of nitrogens with zero attached hydrogens (tertiary/aromatic N) is 1. The highest BCUT2D eigenvalue weighted by Gasteiger charge is 2.33. The number of methoxy groups -OCH3 is 1. The van der Waals surface area contributed by atoms with Crippen molar-refractivity contribution in [2.75, 3.05) is 20.2 Å². The number of aliphatic hydroxyl groups is 1. The monoisotopic (exact) mass is 336 g/mol. The third-order valence-corrected chi connectivity index (χ3v) is 4.13. The SMILES string of the molecule is COC(=O)N1CC(NC(=O)OCc2ccccc2)CC(C(C)O)C1. The fourth-order valence-electron chi connectivity index (χ4n) is 2.80. The Labute approximate surface area is 141 Å². The number of carbonyl (C=O) groups excluding carboxylic acids is 2. The van der Waals surface area contributed by atoms with Crippen LogP contribution in [0.3, 0.4) is 0 Å². The molecule has 0 bridgehead atoms. The molecule has 2 N–H and O–H groups in total. The lowest BCUT2D eigenvalue weighted by molar-refractivity contribution is 0.0407. The first-order chi connectivity index (χ1) is 11.5. The van der Waals surface area contributed by atoms with Gasteiger partial charge in [-0.3, -0.25) is 0 Å². The predicted octanol–water partition coefficient (Wildman–Crippen LogP) is 1.75. The van der Waals surface area contributed by atoms with Gasteiger partial charge in [0.25, 0.3) is 0 Å². The van der Waals surface area contributed by atoms with E-state index in [9.17, 15) is 14.7 Å². The van der Waals surface area contributed by atoms with Gasteiger partial charge in [0.2, 0.25) is 0 Å². The quantitative estimate of drug-likeness (QED) is 0.874. The average Bonchev–Trinajstić information content (AvgIpc) is 2.59. The van der Waals surface area contributed by atoms with Gasteiger partial charge in [-0.1, -0.05) is 30.3 Å². The minimum Gasteiger partial charge on any atom is -0.453 e. The molecule has 7 nitrogen and oxygen atoms in total. The number of hydrogen-bond donors (Lipinski definition) is 2. The molecule has 1 aliphatic rings. The van der Waals surface area contributed by atoms with Crippen molar-refractivity contribution in [3.05, 3.63) is 35.9 Å². The van der Waals surface area contributed by atoms with E-state index in [1.54, 1.807) is 6.92 Å². The van der Waals surface area contributed by atoms with Crippen molar-refractivity contribution in [2.45, 2.75) is 32.1 Å². The Bertz CT molecular complexity index is 549. The zero-order valence-corrected chi connectivity index (χ0v) is 14.0. The van der Waals surface area contributed by atoms with Gasteiger partial charge in [0.05, 0.1) is 19.3 Å². The number of ether oxygens (including phenoxy) is 2. The first-order valence-electron chi connectivity index (χ1n) is 7.97. The summed E-state index contributed by atoms with van der Waals surface area (Å²) in [6, 6.07) is 9.09. The van der Waals surface area contributed by atoms with Crippen LogP contribution < -0.4 is 5.32 Å². The maximum absolute atomic E-state index is 12.0. The second-order valence-electron chi connectivity index (χ2n) is 6.01. The van der Waals surface area contributed by atoms with Crippen molar-refractivity contribution in [1.29, 1.82) is 0 Å². The fourth-order valence-corrected chi connectivity index (χ4v) is 2.80. The van der Waals surface area contributed by atoms with Crippen molar-refractivity contribution < 1.29 is 24.2 Å². The molecular weight excluding hydrogens is 312 g/mol. The zero-order valence-electron chi connectivity index (χ0n) is 14.0. The summed E-state index contributed by atoms with van der Waals surface area (Å²) >= 11 is 0. The van der Waals surface area contributed by atoms with E-state index >= 15 is 0 Å². The molecule has 1 aromatic carbocycles. The summed E-state index contributed by atoms with van der Waals surface area (Å²) in [6.07, 6.45) is -1.02. The zero-order chi connectivity index (χ0) is 17.5. The predicted molar refractivity (Wildman–Crippen MR) is 87.3 cm³/mol. The molecule has 0 radical (unpaired) electrons. The van der Waals surface area contributed by atoms with Gasteiger partial charge in [0.1, 0.15) is 6.61 Å². The van der Waals surface area contributed by atoms with E-state index in [0.717, 1.165) is 5.56 Å². The first kappa shape index (κ1) is 18.1. The van der Waals surface area contributed by atoms with Crippen LogP contribution >= 0.6 is 0 Å². The van der Waals surface area contributed by atoms with Gasteiger partial charge in [-0.15, -0.1) is 0 Å². The largest absolute Gasteiger partial charge is 0.453 e. The lowest BCUT2D eigenvalue weighted by Crippen LogP contribution is -2.54. The van der Waals surface area contributed by atoms with Crippen molar-refractivity contribution in [1.82, 2.24) is 10.2 Å². The summed E-state index contributed by atoms with van der Waals surface area (Å²) in [5.74, 6) is -0.128. The van der Waals surface area contributed by atoms with Crippen LogP contribution in [0.25, 0.3) is 0 Å². The van der Waals surface area contributed by atoms with Gasteiger partial charge in [0.15, 0.2) is 0 Å². The Morgan fingerprint density at radius 2 is 2.04 bits per heavy atom. The molecule has 3 atom stereocenters. The van der Waals surface area contributed by atoms with Gasteiger partial charge in [0, 0.05) is 19.0 Å². The van der Waals surface area contributed by atoms with Crippen LogP contribution in [0.4, 0.5) is 9.59 Å². The number of rotatable bonds is 4. The third-order valence-electron chi connectivity index (χ3n) is 4.13. The summed E-state index contributed by atoms with van der Waals surface area (Å²) < 4.78 is 9.94. The van der Waals surface area contributed by atoms with Gasteiger partial charge in [-0.05, 0) is 18.9 Å². The molecule has 0 spiro atoms. The Kier molecular flexibility index (Phi) is 6.43. The highest BCUT2D eigenvalue weighted by Crippen LogP contribution is 2.21. The lowest BCUT2D eigenvalue weighted by atomic mass is 9.90. The number of nitrogens with one attached hydrogen (secondary N) is 1. The molecule has 0 aromatic heterocycles. The Morgan fingerprint density at radius 1 is 1.33 bits per heavy atom. The fraction of sp³-hybridized carbons (Fsp3) is 0.529. The van der Waals surface area contributed by atoms with Crippen molar-refractivity contribution in [3.63, 3.8) is 0 Å². The molecule has 1 aliphatic heterocycles. The van der Waals surface area contributed by atoms with E-state index in [1.807, 2.05) is 30.3 Å². The second kappa shape index (κ2) is 8.54. The van der Waals surface area contributed by atoms with Crippen LogP contribution in [-0.4, -0.2) is 54.5 Å². The molecule has 24 heavy (non-hydrogen) atoms. The minimum absolute atomic E-state index is 0.128. The second-order valence-corrected chi connectivity index (χ2v) is 6.01. The van der Waals surface area contributed by atoms with Crippen LogP contribution in [0, 0.1) is 5.92 Å². The van der Waals surface area contributed by atoms with E-state index in [1.165, 1.54) is 12.0 Å². The van der Waals surface area contributed by atoms with E-state index < -0.39 is 18.3 Å². The summed E-state index contributed by atoms with van der Waals surface area (Å²) in [7, 11) is 1.31. The molecule has 132 valence electrons. The highest BCUT2D eigenvalue weighted by molar-refractivity contribution is 5.69. The van der Waals surface area contributed by atoms with Crippen molar-refractivity contribution in [3.8, 4) is 0 Å². The summed E-state index contributed by atoms with van der Waals surface area (Å²) in [4.78, 5) is 25.2. The maximum atomic E-state index is 12.0. The summed E-state index contributed by atoms with van der Waals surface area (Å²) in [5.41, 5.74) is 0.898. The number of amides is 2. The lowest BCUT2D eigenvalue weighted by Gasteiger charge is -2.38. The number of piperidine rings is 1. The summed E-state index contributed by atoms with van der Waals surface area (Å²) in [6.45, 7) is 2.59. The van der Waals surface area contributed by atoms with Crippen LogP contribution in [0.5, 0.6) is 0 Å². The van der Waals surface area contributed by atoms with E-state index in [4.69, 9.17) is 9.47 Å². The standard InChI is InChI=1S/C17H24N2O5/c1-12(20)14-8-15(10-19(9-14)17(22)23-2)18-16(21)24-11-13-6-4-3-5-7-13/h3-7,12,14-15,20H,8-11H2,1-2H3,(H,18,21). The van der Waals surface area contributed by atoms with E-state index in [-0.39, 0.29) is 18.6 Å². The topological polar surface area (TPSA) is 88.1 Å². The molecule has 7 heteroatoms. The normalized spacial score (nSPS) is 21.7. The van der Waals surface area contributed by atoms with Crippen molar-refractivity contribution >= 4 is 12.2 Å². The number of likely N-dealkylation sites (tertiary alicyclic amines) is 1. The minimum atomic E-state index is -0.581. The number of benzene rings is 1. The molecule has 1 saturated heterocycles. The van der Waals surface area contributed by atoms with Gasteiger partial charge < -0.3 is 24.8 Å². The molecule has 0 saturated carbocycles. The highest BCUT2D eigenvalue weighted by atomic mass is 16.6. The molecule has 2 amide bonds. The molecule has 0 aliphatic carbocycles. The van der Waals surface area contributed by atoms with Gasteiger partial charge >= 0.3 is 12.2 Å². The summed E-state index contributed by atoms with van der Waals surface area (Å²) in [5, 5.41) is 12.6. The molecule has 1 heterocycles. The Morgan fingerprint density at radius 3 is 2.67 bits per heavy atom. The van der Waals surface area contributed by atoms with Crippen LogP contribution in [0.2, 0.25) is 0 Å². The molecule has 2 rings (SSSR count). The van der Waals surface area contributed by atoms with E-state index in [0.29, 0.717) is 19.5 Å². The smallest absolute Gasteiger partial charge is 0.409 e. The van der Waals surface area contributed by atoms with Crippen molar-refractivity contribution in [2.24, 2.45) is 5.92 Å². The number of hydrogen-bond acceptors (Lipinski definition) is 5. The first-order valence-corrected chi connectivity index (χ1v) is 7.97. The molecule has 1 fully saturated rings. The Balaban J connectivity index is 1.89. The van der Waals surface area contributed by atoms with Crippen LogP contribution in [0.1, 0.15) is 18.9 Å². The van der Waals surface area contributed by atoms with Crippen LogP contribution in [0.15, 0.2) is 30.3 Å². The third kappa shape index (κ3) is 5.13. The van der Waals surface area contributed by atoms with E-state index in [2.05, 4.69) is 5.32 Å². The average molecular weight is 336 g/mol. The number of carbonyl (C=O) groups is 2. The van der Waals surface area contributed by atoms with Gasteiger partial charge in [-0.25, -0.2) is 9.59 Å². The van der Waals surface area contributed by atoms with Gasteiger partial charge in [-0.2, -0.15) is 0 Å². The molecular formula is C17H24N2O5. The molecule has 3 unspecified atom stereocenters. The maximum Gasteiger partial charge on any atom is 0.409 e.